The van der Waals surface area contributed by atoms with Crippen LogP contribution in [0, 0.1) is 5.92 Å². The molecule has 2 rings (SSSR count). The fourth-order valence-corrected chi connectivity index (χ4v) is 2.03. The van der Waals surface area contributed by atoms with Crippen LogP contribution in [0.3, 0.4) is 0 Å². The third-order valence-electron chi connectivity index (χ3n) is 2.90. The number of carbonyl (C=O) groups excluding carboxylic acids is 1. The molecule has 13 heavy (non-hydrogen) atoms. The van der Waals surface area contributed by atoms with Gasteiger partial charge in [0.05, 0.1) is 12.6 Å². The number of amides is 1. The Kier molecular flexibility index (Phi) is 1.74. The molecule has 0 aromatic rings. The highest BCUT2D eigenvalue weighted by atomic mass is 16.5. The van der Waals surface area contributed by atoms with Crippen LogP contribution in [-0.4, -0.2) is 29.2 Å². The Morgan fingerprint density at radius 3 is 3.00 bits per heavy atom. The molecule has 0 spiro atoms. The van der Waals surface area contributed by atoms with E-state index in [4.69, 9.17) is 4.74 Å². The Morgan fingerprint density at radius 2 is 2.38 bits per heavy atom. The third-order valence-corrected chi connectivity index (χ3v) is 2.90. The minimum Gasteiger partial charge on any atom is -0.350 e. The monoisotopic (exact) mass is 181 g/mol. The molecule has 2 atom stereocenters. The molecule has 3 heteroatoms. The summed E-state index contributed by atoms with van der Waals surface area (Å²) in [6.07, 6.45) is 3.45. The number of rotatable bonds is 1. The summed E-state index contributed by atoms with van der Waals surface area (Å²) >= 11 is 0. The third kappa shape index (κ3) is 1.10. The van der Waals surface area contributed by atoms with E-state index < -0.39 is 5.72 Å². The van der Waals surface area contributed by atoms with Gasteiger partial charge in [-0.25, -0.2) is 0 Å². The van der Waals surface area contributed by atoms with Crippen molar-refractivity contribution >= 4 is 5.91 Å². The fraction of sp³-hybridized carbons (Fsp3) is 0.700. The van der Waals surface area contributed by atoms with Gasteiger partial charge in [-0.3, -0.25) is 4.79 Å². The van der Waals surface area contributed by atoms with Gasteiger partial charge in [0.15, 0.2) is 5.72 Å². The highest BCUT2D eigenvalue weighted by Gasteiger charge is 2.48. The SMILES string of the molecule is CC(C)[C@H]1CO[C@@]2(C)C=CC(=O)N12. The first-order chi connectivity index (χ1) is 6.04. The summed E-state index contributed by atoms with van der Waals surface area (Å²) in [5, 5.41) is 0. The van der Waals surface area contributed by atoms with E-state index in [0.29, 0.717) is 12.5 Å². The highest BCUT2D eigenvalue weighted by Crippen LogP contribution is 2.35. The molecule has 1 fully saturated rings. The summed E-state index contributed by atoms with van der Waals surface area (Å²) in [5.74, 6) is 0.532. The summed E-state index contributed by atoms with van der Waals surface area (Å²) < 4.78 is 5.63. The molecule has 0 aliphatic carbocycles. The van der Waals surface area contributed by atoms with Crippen molar-refractivity contribution in [2.45, 2.75) is 32.5 Å². The van der Waals surface area contributed by atoms with Crippen molar-refractivity contribution in [3.05, 3.63) is 12.2 Å². The van der Waals surface area contributed by atoms with Crippen molar-refractivity contribution in [3.63, 3.8) is 0 Å². The normalized spacial score (nSPS) is 37.7. The van der Waals surface area contributed by atoms with Gasteiger partial charge in [-0.2, -0.15) is 0 Å². The van der Waals surface area contributed by atoms with E-state index in [1.807, 2.05) is 17.9 Å². The number of ether oxygens (including phenoxy) is 1. The molecule has 0 radical (unpaired) electrons. The summed E-state index contributed by atoms with van der Waals surface area (Å²) in [5.41, 5.74) is -0.466. The van der Waals surface area contributed by atoms with Crippen LogP contribution in [0.4, 0.5) is 0 Å². The van der Waals surface area contributed by atoms with Crippen LogP contribution >= 0.6 is 0 Å². The summed E-state index contributed by atoms with van der Waals surface area (Å²) in [7, 11) is 0. The molecule has 0 N–H and O–H groups in total. The topological polar surface area (TPSA) is 29.5 Å². The van der Waals surface area contributed by atoms with Crippen LogP contribution in [0.15, 0.2) is 12.2 Å². The number of hydrogen-bond acceptors (Lipinski definition) is 2. The van der Waals surface area contributed by atoms with E-state index >= 15 is 0 Å². The smallest absolute Gasteiger partial charge is 0.249 e. The van der Waals surface area contributed by atoms with Gasteiger partial charge in [-0.15, -0.1) is 0 Å². The average molecular weight is 181 g/mol. The van der Waals surface area contributed by atoms with Crippen molar-refractivity contribution in [1.82, 2.24) is 4.90 Å². The lowest BCUT2D eigenvalue weighted by Crippen LogP contribution is -2.45. The molecule has 3 nitrogen and oxygen atoms in total. The van der Waals surface area contributed by atoms with Crippen LogP contribution in [0.25, 0.3) is 0 Å². The Labute approximate surface area is 78.4 Å². The maximum atomic E-state index is 11.5. The van der Waals surface area contributed by atoms with E-state index in [9.17, 15) is 4.79 Å². The van der Waals surface area contributed by atoms with Gasteiger partial charge < -0.3 is 9.64 Å². The lowest BCUT2D eigenvalue weighted by Gasteiger charge is -2.30. The first kappa shape index (κ1) is 8.75. The molecular formula is C10H15NO2. The predicted molar refractivity (Wildman–Crippen MR) is 49.0 cm³/mol. The predicted octanol–water partition coefficient (Wildman–Crippen LogP) is 1.16. The Balaban J connectivity index is 2.28. The van der Waals surface area contributed by atoms with Gasteiger partial charge in [0.2, 0.25) is 5.91 Å². The Hall–Kier alpha value is -0.830. The summed E-state index contributed by atoms with van der Waals surface area (Å²) in [6, 6.07) is 0.229. The molecule has 0 bridgehead atoms. The molecular weight excluding hydrogens is 166 g/mol. The number of hydrogen-bond donors (Lipinski definition) is 0. The molecule has 72 valence electrons. The first-order valence-electron chi connectivity index (χ1n) is 4.71. The Morgan fingerprint density at radius 1 is 1.69 bits per heavy atom. The number of fused-ring (bicyclic) bond motifs is 1. The lowest BCUT2D eigenvalue weighted by atomic mass is 10.0. The summed E-state index contributed by atoms with van der Waals surface area (Å²) in [4.78, 5) is 13.4. The van der Waals surface area contributed by atoms with Crippen LogP contribution in [0.1, 0.15) is 20.8 Å². The fourth-order valence-electron chi connectivity index (χ4n) is 2.03. The van der Waals surface area contributed by atoms with Crippen molar-refractivity contribution < 1.29 is 9.53 Å². The zero-order valence-electron chi connectivity index (χ0n) is 8.28. The molecule has 2 aliphatic heterocycles. The van der Waals surface area contributed by atoms with Gasteiger partial charge in [0, 0.05) is 6.08 Å². The van der Waals surface area contributed by atoms with Crippen molar-refractivity contribution in [3.8, 4) is 0 Å². The molecule has 0 aromatic heterocycles. The Bertz CT molecular complexity index is 272. The lowest BCUT2D eigenvalue weighted by molar-refractivity contribution is -0.134. The van der Waals surface area contributed by atoms with Gasteiger partial charge in [0.25, 0.3) is 0 Å². The minimum absolute atomic E-state index is 0.0821. The maximum Gasteiger partial charge on any atom is 0.249 e. The van der Waals surface area contributed by atoms with Crippen LogP contribution in [0.5, 0.6) is 0 Å². The second kappa shape index (κ2) is 2.58. The van der Waals surface area contributed by atoms with E-state index in [1.54, 1.807) is 6.08 Å². The van der Waals surface area contributed by atoms with Gasteiger partial charge in [0.1, 0.15) is 0 Å². The summed E-state index contributed by atoms with van der Waals surface area (Å²) in [6.45, 7) is 6.83. The second-order valence-corrected chi connectivity index (χ2v) is 4.22. The first-order valence-corrected chi connectivity index (χ1v) is 4.71. The van der Waals surface area contributed by atoms with E-state index in [0.717, 1.165) is 0 Å². The van der Waals surface area contributed by atoms with Crippen molar-refractivity contribution in [1.29, 1.82) is 0 Å². The molecule has 2 heterocycles. The largest absolute Gasteiger partial charge is 0.350 e. The van der Waals surface area contributed by atoms with E-state index in [2.05, 4.69) is 13.8 Å². The zero-order chi connectivity index (χ0) is 9.64. The van der Waals surface area contributed by atoms with Gasteiger partial charge >= 0.3 is 0 Å². The quantitative estimate of drug-likeness (QED) is 0.607. The van der Waals surface area contributed by atoms with Gasteiger partial charge in [-0.05, 0) is 18.9 Å². The number of carbonyl (C=O) groups is 1. The molecule has 0 aromatic carbocycles. The standard InChI is InChI=1S/C10H15NO2/c1-7(2)8-6-13-10(3)5-4-9(12)11(8)10/h4-5,7-8H,6H2,1-3H3/t8-,10+/m1/s1. The zero-order valence-corrected chi connectivity index (χ0v) is 8.28. The molecule has 0 unspecified atom stereocenters. The molecule has 1 saturated heterocycles. The highest BCUT2D eigenvalue weighted by molar-refractivity contribution is 5.91. The second-order valence-electron chi connectivity index (χ2n) is 4.22. The van der Waals surface area contributed by atoms with Crippen molar-refractivity contribution in [2.75, 3.05) is 6.61 Å². The molecule has 0 saturated carbocycles. The molecule has 1 amide bonds. The average Bonchev–Trinajstić information content (AvgIpc) is 2.50. The van der Waals surface area contributed by atoms with Gasteiger partial charge in [-0.1, -0.05) is 13.8 Å². The number of nitrogens with zero attached hydrogens (tertiary/aromatic N) is 1. The van der Waals surface area contributed by atoms with Crippen LogP contribution in [-0.2, 0) is 9.53 Å². The van der Waals surface area contributed by atoms with Crippen molar-refractivity contribution in [2.24, 2.45) is 5.92 Å². The maximum absolute atomic E-state index is 11.5. The van der Waals surface area contributed by atoms with E-state index in [1.165, 1.54) is 0 Å². The van der Waals surface area contributed by atoms with Crippen LogP contribution in [0.2, 0.25) is 0 Å². The molecule has 2 aliphatic rings. The van der Waals surface area contributed by atoms with E-state index in [-0.39, 0.29) is 11.9 Å². The minimum atomic E-state index is -0.466. The van der Waals surface area contributed by atoms with Crippen LogP contribution < -0.4 is 0 Å².